The van der Waals surface area contributed by atoms with Gasteiger partial charge in [0.25, 0.3) is 0 Å². The number of hydrogen-bond donors (Lipinski definition) is 0. The van der Waals surface area contributed by atoms with Gasteiger partial charge in [0.2, 0.25) is 0 Å². The van der Waals surface area contributed by atoms with Crippen molar-refractivity contribution in [3.8, 4) is 67.1 Å². The highest BCUT2D eigenvalue weighted by molar-refractivity contribution is 6.18. The van der Waals surface area contributed by atoms with Crippen LogP contribution in [0.1, 0.15) is 0 Å². The molecule has 0 spiro atoms. The molecule has 12 aromatic carbocycles. The first kappa shape index (κ1) is 41.7. The van der Waals surface area contributed by atoms with E-state index in [-0.39, 0.29) is 0 Å². The lowest BCUT2D eigenvalue weighted by molar-refractivity contribution is 0.487. The van der Waals surface area contributed by atoms with Crippen molar-refractivity contribution < 1.29 is 4.74 Å². The van der Waals surface area contributed by atoms with Gasteiger partial charge in [-0.25, -0.2) is 0 Å². The van der Waals surface area contributed by atoms with E-state index in [0.29, 0.717) is 0 Å². The lowest BCUT2D eigenvalue weighted by Gasteiger charge is -2.29. The van der Waals surface area contributed by atoms with E-state index >= 15 is 0 Å². The Bertz CT molecular complexity index is 3670. The van der Waals surface area contributed by atoms with Crippen molar-refractivity contribution in [3.05, 3.63) is 279 Å². The van der Waals surface area contributed by atoms with Crippen LogP contribution in [0, 0.1) is 0 Å². The number of fused-ring (bicyclic) bond motifs is 4. The second kappa shape index (κ2) is 17.9. The van der Waals surface area contributed by atoms with E-state index in [2.05, 4.69) is 289 Å². The number of anilines is 6. The van der Waals surface area contributed by atoms with Crippen LogP contribution in [0.3, 0.4) is 0 Å². The lowest BCUT2D eigenvalue weighted by atomic mass is 9.90. The maximum atomic E-state index is 6.99. The topological polar surface area (TPSA) is 15.7 Å². The highest BCUT2D eigenvalue weighted by atomic mass is 16.5. The van der Waals surface area contributed by atoms with E-state index in [0.717, 1.165) is 62.0 Å². The molecular weight excluding hydrogens is 861 g/mol. The van der Waals surface area contributed by atoms with Crippen molar-refractivity contribution in [2.75, 3.05) is 9.80 Å². The quantitative estimate of drug-likeness (QED) is 0.127. The molecule has 3 heteroatoms. The Kier molecular flexibility index (Phi) is 10.5. The van der Waals surface area contributed by atoms with Gasteiger partial charge in [0.15, 0.2) is 0 Å². The van der Waals surface area contributed by atoms with Gasteiger partial charge in [0.1, 0.15) is 11.5 Å². The van der Waals surface area contributed by atoms with Crippen LogP contribution >= 0.6 is 0 Å². The fourth-order valence-electron chi connectivity index (χ4n) is 10.3. The maximum Gasteiger partial charge on any atom is 0.137 e. The molecule has 334 valence electrons. The third-order valence-electron chi connectivity index (χ3n) is 13.8. The van der Waals surface area contributed by atoms with Crippen LogP contribution in [-0.2, 0) is 0 Å². The molecular formula is C68H46N2O. The van der Waals surface area contributed by atoms with Crippen LogP contribution in [0.15, 0.2) is 279 Å². The summed E-state index contributed by atoms with van der Waals surface area (Å²) < 4.78 is 6.99. The molecule has 13 rings (SSSR count). The fourth-order valence-corrected chi connectivity index (χ4v) is 10.3. The third kappa shape index (κ3) is 7.86. The number of rotatable bonds is 10. The summed E-state index contributed by atoms with van der Waals surface area (Å²) in [5.41, 5.74) is 18.1. The Morgan fingerprint density at radius 3 is 1.01 bits per heavy atom. The van der Waals surface area contributed by atoms with E-state index < -0.39 is 0 Å². The van der Waals surface area contributed by atoms with E-state index in [1.165, 1.54) is 60.8 Å². The van der Waals surface area contributed by atoms with E-state index in [9.17, 15) is 0 Å². The van der Waals surface area contributed by atoms with Crippen molar-refractivity contribution in [2.45, 2.75) is 0 Å². The predicted molar refractivity (Wildman–Crippen MR) is 298 cm³/mol. The smallest absolute Gasteiger partial charge is 0.137 e. The van der Waals surface area contributed by atoms with Gasteiger partial charge >= 0.3 is 0 Å². The van der Waals surface area contributed by atoms with E-state index in [4.69, 9.17) is 4.74 Å². The molecule has 0 unspecified atom stereocenters. The molecule has 3 nitrogen and oxygen atoms in total. The summed E-state index contributed by atoms with van der Waals surface area (Å²) >= 11 is 0. The first-order valence-electron chi connectivity index (χ1n) is 24.2. The van der Waals surface area contributed by atoms with Crippen LogP contribution in [0.4, 0.5) is 34.1 Å². The highest BCUT2D eigenvalue weighted by Gasteiger charge is 2.25. The molecule has 0 aliphatic carbocycles. The molecule has 0 saturated carbocycles. The van der Waals surface area contributed by atoms with Gasteiger partial charge in [-0.2, -0.15) is 0 Å². The minimum atomic E-state index is 0.828. The average molecular weight is 907 g/mol. The molecule has 0 radical (unpaired) electrons. The molecule has 0 saturated heterocycles. The van der Waals surface area contributed by atoms with Crippen LogP contribution < -0.4 is 14.5 Å². The first-order chi connectivity index (χ1) is 35.2. The van der Waals surface area contributed by atoms with Gasteiger partial charge in [-0.15, -0.1) is 0 Å². The normalized spacial score (nSPS) is 11.5. The molecule has 0 N–H and O–H groups in total. The summed E-state index contributed by atoms with van der Waals surface area (Å²) in [6, 6.07) is 100. The molecule has 0 aromatic heterocycles. The summed E-state index contributed by atoms with van der Waals surface area (Å²) in [7, 11) is 0. The third-order valence-corrected chi connectivity index (χ3v) is 13.8. The molecule has 1 heterocycles. The monoisotopic (exact) mass is 906 g/mol. The molecule has 71 heavy (non-hydrogen) atoms. The largest absolute Gasteiger partial charge is 0.456 e. The summed E-state index contributed by atoms with van der Waals surface area (Å²) in [6.07, 6.45) is 0. The number of hydrogen-bond acceptors (Lipinski definition) is 3. The summed E-state index contributed by atoms with van der Waals surface area (Å²) in [6.45, 7) is 0. The number of nitrogens with zero attached hydrogens (tertiary/aromatic N) is 2. The van der Waals surface area contributed by atoms with Crippen molar-refractivity contribution in [3.63, 3.8) is 0 Å². The van der Waals surface area contributed by atoms with E-state index in [1.54, 1.807) is 0 Å². The van der Waals surface area contributed by atoms with Crippen LogP contribution in [0.5, 0.6) is 11.5 Å². The van der Waals surface area contributed by atoms with Gasteiger partial charge in [0.05, 0.1) is 0 Å². The van der Waals surface area contributed by atoms with Crippen molar-refractivity contribution >= 4 is 55.7 Å². The minimum absolute atomic E-state index is 0.828. The Labute approximate surface area is 414 Å². The van der Waals surface area contributed by atoms with E-state index in [1.807, 2.05) is 0 Å². The molecule has 0 bridgehead atoms. The molecule has 12 aromatic rings. The molecule has 1 aliphatic rings. The zero-order valence-corrected chi connectivity index (χ0v) is 38.9. The minimum Gasteiger partial charge on any atom is -0.456 e. The van der Waals surface area contributed by atoms with Gasteiger partial charge in [-0.05, 0) is 151 Å². The second-order valence-corrected chi connectivity index (χ2v) is 18.1. The van der Waals surface area contributed by atoms with Crippen LogP contribution in [0.2, 0.25) is 0 Å². The molecule has 0 fully saturated rings. The lowest BCUT2D eigenvalue weighted by Crippen LogP contribution is -2.10. The van der Waals surface area contributed by atoms with Gasteiger partial charge in [-0.3, -0.25) is 0 Å². The Morgan fingerprint density at radius 2 is 0.592 bits per heavy atom. The van der Waals surface area contributed by atoms with Gasteiger partial charge in [-0.1, -0.05) is 188 Å². The molecule has 0 atom stereocenters. The summed E-state index contributed by atoms with van der Waals surface area (Å²) in [5.74, 6) is 1.68. The first-order valence-corrected chi connectivity index (χ1v) is 24.2. The van der Waals surface area contributed by atoms with Gasteiger partial charge in [0, 0.05) is 51.1 Å². The van der Waals surface area contributed by atoms with Crippen LogP contribution in [-0.4, -0.2) is 0 Å². The van der Waals surface area contributed by atoms with Crippen LogP contribution in [0.25, 0.3) is 77.2 Å². The SMILES string of the molecule is c1ccc(-c2ccc(N(c3ccc(-c4ccccc4)cc3)c3ccc4c(c3)Oc3cccc5c3c-4cc3ccc(N(c4ccc(-c6ccccc6)cc4)c4ccc(-c6ccccc6)cc4)cc35)cc2)cc1. The second-order valence-electron chi connectivity index (χ2n) is 18.1. The average Bonchev–Trinajstić information content (AvgIpc) is 3.45. The number of benzene rings is 12. The summed E-state index contributed by atoms with van der Waals surface area (Å²) in [5, 5.41) is 4.61. The summed E-state index contributed by atoms with van der Waals surface area (Å²) in [4.78, 5) is 4.68. The van der Waals surface area contributed by atoms with Gasteiger partial charge < -0.3 is 14.5 Å². The Balaban J connectivity index is 0.897. The maximum absolute atomic E-state index is 6.99. The predicted octanol–water partition coefficient (Wildman–Crippen LogP) is 19.4. The zero-order valence-electron chi connectivity index (χ0n) is 38.9. The van der Waals surface area contributed by atoms with Crippen molar-refractivity contribution in [2.24, 2.45) is 0 Å². The van der Waals surface area contributed by atoms with Crippen molar-refractivity contribution in [1.82, 2.24) is 0 Å². The van der Waals surface area contributed by atoms with Crippen molar-refractivity contribution in [1.29, 1.82) is 0 Å². The Morgan fingerprint density at radius 1 is 0.225 bits per heavy atom. The highest BCUT2D eigenvalue weighted by Crippen LogP contribution is 2.51. The number of ether oxygens (including phenoxy) is 1. The standard InChI is InChI=1S/C68H46N2O/c1-5-14-47(15-6-1)51-24-33-56(34-25-51)69(57-35-26-52(27-36-57)48-16-7-2-8-17-48)60-41-32-55-44-65-62-43-42-61(46-67(62)71-66-23-13-22-63(68(65)66)64(55)45-60)70(58-37-28-53(29-38-58)49-18-9-3-10-19-49)59-39-30-54(31-40-59)50-20-11-4-12-21-50/h1-46H. The fraction of sp³-hybridized carbons (Fsp3) is 0. The Hall–Kier alpha value is -9.44. The zero-order chi connectivity index (χ0) is 47.1. The molecule has 0 amide bonds. The molecule has 1 aliphatic heterocycles.